The smallest absolute Gasteiger partial charge is 0.409 e. The van der Waals surface area contributed by atoms with Crippen LogP contribution in [0.5, 0.6) is 0 Å². The Labute approximate surface area is 153 Å². The lowest BCUT2D eigenvalue weighted by Crippen LogP contribution is -2.39. The van der Waals surface area contributed by atoms with Gasteiger partial charge in [0.15, 0.2) is 5.82 Å². The molecule has 0 unspecified atom stereocenters. The standard InChI is InChI=1S/C17H29N5O4/c1-13-12-14(19-22(13)17(2,3)4)18-15(24)20(8-10-23)6-5-7-21-9-11-26-16(21)25/h12,23H,5-11H2,1-4H3,(H,18,19,24). The number of carbonyl (C=O) groups excluding carboxylic acids is 2. The summed E-state index contributed by atoms with van der Waals surface area (Å²) in [5, 5.41) is 16.5. The number of cyclic esters (lactones) is 1. The fourth-order valence-corrected chi connectivity index (χ4v) is 2.92. The van der Waals surface area contributed by atoms with Crippen molar-refractivity contribution in [3.63, 3.8) is 0 Å². The predicted octanol–water partition coefficient (Wildman–Crippen LogP) is 1.62. The van der Waals surface area contributed by atoms with E-state index in [1.807, 2.05) is 38.4 Å². The summed E-state index contributed by atoms with van der Waals surface area (Å²) in [5.41, 5.74) is 0.774. The molecule has 1 saturated heterocycles. The number of carbonyl (C=O) groups is 2. The van der Waals surface area contributed by atoms with Crippen LogP contribution in [0.1, 0.15) is 32.9 Å². The monoisotopic (exact) mass is 367 g/mol. The Morgan fingerprint density at radius 2 is 2.15 bits per heavy atom. The molecule has 1 aliphatic rings. The Bertz CT molecular complexity index is 638. The van der Waals surface area contributed by atoms with E-state index in [4.69, 9.17) is 4.74 Å². The highest BCUT2D eigenvalue weighted by atomic mass is 16.6. The topological polar surface area (TPSA) is 99.9 Å². The van der Waals surface area contributed by atoms with Crippen LogP contribution >= 0.6 is 0 Å². The van der Waals surface area contributed by atoms with Gasteiger partial charge >= 0.3 is 12.1 Å². The summed E-state index contributed by atoms with van der Waals surface area (Å²) in [6, 6.07) is 1.50. The van der Waals surface area contributed by atoms with Crippen LogP contribution in [-0.2, 0) is 10.3 Å². The molecule has 2 heterocycles. The highest BCUT2D eigenvalue weighted by molar-refractivity contribution is 5.88. The number of rotatable bonds is 7. The Hall–Kier alpha value is -2.29. The first-order valence-electron chi connectivity index (χ1n) is 8.88. The van der Waals surface area contributed by atoms with Gasteiger partial charge in [-0.25, -0.2) is 9.59 Å². The first-order chi connectivity index (χ1) is 12.2. The summed E-state index contributed by atoms with van der Waals surface area (Å²) in [6.07, 6.45) is 0.296. The van der Waals surface area contributed by atoms with Gasteiger partial charge in [-0.3, -0.25) is 10.00 Å². The molecule has 0 aromatic carbocycles. The normalized spacial score (nSPS) is 14.5. The third kappa shape index (κ3) is 5.10. The Morgan fingerprint density at radius 3 is 2.69 bits per heavy atom. The van der Waals surface area contributed by atoms with E-state index in [2.05, 4.69) is 10.4 Å². The first kappa shape index (κ1) is 20.0. The number of ether oxygens (including phenoxy) is 1. The summed E-state index contributed by atoms with van der Waals surface area (Å²) in [5.74, 6) is 0.480. The average molecular weight is 367 g/mol. The summed E-state index contributed by atoms with van der Waals surface area (Å²) in [4.78, 5) is 27.1. The lowest BCUT2D eigenvalue weighted by molar-refractivity contribution is 0.156. The zero-order chi connectivity index (χ0) is 19.3. The minimum absolute atomic E-state index is 0.130. The second kappa shape index (κ2) is 8.39. The van der Waals surface area contributed by atoms with Crippen molar-refractivity contribution >= 4 is 17.9 Å². The van der Waals surface area contributed by atoms with E-state index in [0.29, 0.717) is 38.5 Å². The van der Waals surface area contributed by atoms with Gasteiger partial charge in [-0.1, -0.05) is 0 Å². The van der Waals surface area contributed by atoms with Gasteiger partial charge in [-0.15, -0.1) is 0 Å². The molecule has 26 heavy (non-hydrogen) atoms. The molecule has 1 aliphatic heterocycles. The Kier molecular flexibility index (Phi) is 6.47. The van der Waals surface area contributed by atoms with Crippen LogP contribution in [0.2, 0.25) is 0 Å². The zero-order valence-corrected chi connectivity index (χ0v) is 16.0. The second-order valence-corrected chi connectivity index (χ2v) is 7.35. The van der Waals surface area contributed by atoms with Crippen molar-refractivity contribution in [2.24, 2.45) is 0 Å². The van der Waals surface area contributed by atoms with Crippen LogP contribution in [0, 0.1) is 6.92 Å². The molecular formula is C17H29N5O4. The molecule has 0 saturated carbocycles. The van der Waals surface area contributed by atoms with E-state index in [1.165, 1.54) is 4.90 Å². The van der Waals surface area contributed by atoms with Crippen LogP contribution in [0.25, 0.3) is 0 Å². The molecule has 0 aliphatic carbocycles. The lowest BCUT2D eigenvalue weighted by atomic mass is 10.1. The summed E-state index contributed by atoms with van der Waals surface area (Å²) >= 11 is 0. The van der Waals surface area contributed by atoms with E-state index in [-0.39, 0.29) is 30.8 Å². The van der Waals surface area contributed by atoms with Gasteiger partial charge in [-0.05, 0) is 34.1 Å². The fourth-order valence-electron chi connectivity index (χ4n) is 2.92. The summed E-state index contributed by atoms with van der Waals surface area (Å²) in [7, 11) is 0. The fraction of sp³-hybridized carbons (Fsp3) is 0.706. The molecule has 9 heteroatoms. The van der Waals surface area contributed by atoms with E-state index in [0.717, 1.165) is 5.69 Å². The summed E-state index contributed by atoms with van der Waals surface area (Å²) in [6.45, 7) is 10.1. The maximum absolute atomic E-state index is 12.5. The number of aryl methyl sites for hydroxylation is 1. The van der Waals surface area contributed by atoms with Gasteiger partial charge in [0.05, 0.1) is 18.7 Å². The van der Waals surface area contributed by atoms with E-state index >= 15 is 0 Å². The second-order valence-electron chi connectivity index (χ2n) is 7.35. The Balaban J connectivity index is 1.92. The lowest BCUT2D eigenvalue weighted by Gasteiger charge is -2.23. The molecule has 0 spiro atoms. The summed E-state index contributed by atoms with van der Waals surface area (Å²) < 4.78 is 6.74. The van der Waals surface area contributed by atoms with Crippen molar-refractivity contribution < 1.29 is 19.4 Å². The van der Waals surface area contributed by atoms with E-state index in [9.17, 15) is 14.7 Å². The molecular weight excluding hydrogens is 338 g/mol. The van der Waals surface area contributed by atoms with Crippen LogP contribution in [0.4, 0.5) is 15.4 Å². The van der Waals surface area contributed by atoms with Crippen molar-refractivity contribution in [2.45, 2.75) is 39.7 Å². The van der Waals surface area contributed by atoms with Gasteiger partial charge in [-0.2, -0.15) is 5.10 Å². The molecule has 1 aromatic heterocycles. The van der Waals surface area contributed by atoms with Gasteiger partial charge in [0, 0.05) is 31.4 Å². The maximum atomic E-state index is 12.5. The number of nitrogens with one attached hydrogen (secondary N) is 1. The van der Waals surface area contributed by atoms with E-state index < -0.39 is 0 Å². The predicted molar refractivity (Wildman–Crippen MR) is 97.2 cm³/mol. The Morgan fingerprint density at radius 1 is 1.42 bits per heavy atom. The molecule has 9 nitrogen and oxygen atoms in total. The number of urea groups is 1. The number of aliphatic hydroxyl groups excluding tert-OH is 1. The molecule has 2 N–H and O–H groups in total. The minimum atomic E-state index is -0.318. The third-order valence-electron chi connectivity index (χ3n) is 4.12. The van der Waals surface area contributed by atoms with Gasteiger partial charge in [0.1, 0.15) is 6.61 Å². The van der Waals surface area contributed by atoms with Gasteiger partial charge in [0.25, 0.3) is 0 Å². The van der Waals surface area contributed by atoms with Crippen molar-refractivity contribution in [1.29, 1.82) is 0 Å². The number of amides is 3. The quantitative estimate of drug-likeness (QED) is 0.763. The SMILES string of the molecule is Cc1cc(NC(=O)N(CCO)CCCN2CCOC2=O)nn1C(C)(C)C. The van der Waals surface area contributed by atoms with Crippen molar-refractivity contribution in [2.75, 3.05) is 44.7 Å². The average Bonchev–Trinajstić information content (AvgIpc) is 3.12. The van der Waals surface area contributed by atoms with Crippen molar-refractivity contribution in [1.82, 2.24) is 19.6 Å². The minimum Gasteiger partial charge on any atom is -0.448 e. The first-order valence-corrected chi connectivity index (χ1v) is 8.88. The molecule has 1 aromatic rings. The molecule has 3 amide bonds. The molecule has 0 radical (unpaired) electrons. The number of hydrogen-bond acceptors (Lipinski definition) is 5. The number of aliphatic hydroxyl groups is 1. The number of nitrogens with zero attached hydrogens (tertiary/aromatic N) is 4. The van der Waals surface area contributed by atoms with Gasteiger partial charge < -0.3 is 19.6 Å². The largest absolute Gasteiger partial charge is 0.448 e. The van der Waals surface area contributed by atoms with Gasteiger partial charge in [0.2, 0.25) is 0 Å². The molecule has 0 bridgehead atoms. The van der Waals surface area contributed by atoms with Crippen LogP contribution in [0.3, 0.4) is 0 Å². The van der Waals surface area contributed by atoms with Crippen LogP contribution < -0.4 is 5.32 Å². The highest BCUT2D eigenvalue weighted by Gasteiger charge is 2.23. The van der Waals surface area contributed by atoms with Crippen molar-refractivity contribution in [3.05, 3.63) is 11.8 Å². The van der Waals surface area contributed by atoms with Crippen LogP contribution in [-0.4, -0.2) is 76.2 Å². The zero-order valence-electron chi connectivity index (χ0n) is 16.0. The number of aromatic nitrogens is 2. The van der Waals surface area contributed by atoms with Crippen molar-refractivity contribution in [3.8, 4) is 0 Å². The maximum Gasteiger partial charge on any atom is 0.409 e. The molecule has 146 valence electrons. The third-order valence-corrected chi connectivity index (χ3v) is 4.12. The molecule has 0 atom stereocenters. The molecule has 1 fully saturated rings. The molecule has 2 rings (SSSR count). The highest BCUT2D eigenvalue weighted by Crippen LogP contribution is 2.19. The van der Waals surface area contributed by atoms with Crippen LogP contribution in [0.15, 0.2) is 6.07 Å². The number of hydrogen-bond donors (Lipinski definition) is 2. The van der Waals surface area contributed by atoms with E-state index in [1.54, 1.807) is 4.90 Å². The number of anilines is 1.